The Morgan fingerprint density at radius 2 is 1.95 bits per heavy atom. The van der Waals surface area contributed by atoms with E-state index in [2.05, 4.69) is 6.92 Å². The van der Waals surface area contributed by atoms with Gasteiger partial charge in [0.1, 0.15) is 6.10 Å². The Bertz CT molecular complexity index is 511. The molecule has 0 amide bonds. The van der Waals surface area contributed by atoms with E-state index in [1.54, 1.807) is 6.07 Å². The Morgan fingerprint density at radius 1 is 1.19 bits per heavy atom. The highest BCUT2D eigenvalue weighted by Gasteiger charge is 2.23. The number of nitrogens with zero attached hydrogens (tertiary/aromatic N) is 1. The van der Waals surface area contributed by atoms with E-state index >= 15 is 0 Å². The minimum atomic E-state index is -0.375. The molecular formula is C17H23NO3. The van der Waals surface area contributed by atoms with Crippen LogP contribution in [0.1, 0.15) is 57.4 Å². The summed E-state index contributed by atoms with van der Waals surface area (Å²) in [5, 5.41) is 11.0. The highest BCUT2D eigenvalue weighted by Crippen LogP contribution is 2.36. The molecule has 21 heavy (non-hydrogen) atoms. The number of rotatable bonds is 8. The number of nitro benzene ring substituents is 1. The van der Waals surface area contributed by atoms with E-state index in [1.165, 1.54) is 38.2 Å². The molecule has 0 aromatic heterocycles. The van der Waals surface area contributed by atoms with Crippen LogP contribution in [-0.4, -0.2) is 11.0 Å². The van der Waals surface area contributed by atoms with Crippen LogP contribution in [0.5, 0.6) is 5.75 Å². The van der Waals surface area contributed by atoms with Crippen molar-refractivity contribution < 1.29 is 9.66 Å². The van der Waals surface area contributed by atoms with Crippen LogP contribution in [0.4, 0.5) is 5.69 Å². The van der Waals surface area contributed by atoms with Gasteiger partial charge >= 0.3 is 5.69 Å². The van der Waals surface area contributed by atoms with E-state index in [4.69, 9.17) is 4.74 Å². The molecule has 0 saturated carbocycles. The van der Waals surface area contributed by atoms with Gasteiger partial charge in [0, 0.05) is 11.6 Å². The summed E-state index contributed by atoms with van der Waals surface area (Å²) in [6, 6.07) is 5.04. The number of hydrogen-bond donors (Lipinski definition) is 0. The first-order chi connectivity index (χ1) is 10.2. The molecule has 114 valence electrons. The minimum Gasteiger partial charge on any atom is -0.479 e. The summed E-state index contributed by atoms with van der Waals surface area (Å²) in [6.07, 6.45) is 12.3. The molecule has 1 atom stereocenters. The van der Waals surface area contributed by atoms with Crippen molar-refractivity contribution in [2.75, 3.05) is 0 Å². The second-order valence-corrected chi connectivity index (χ2v) is 5.52. The predicted octanol–water partition coefficient (Wildman–Crippen LogP) is 5.12. The minimum absolute atomic E-state index is 0.0372. The average Bonchev–Trinajstić information content (AvgIpc) is 2.50. The van der Waals surface area contributed by atoms with Crippen molar-refractivity contribution in [3.05, 3.63) is 40.0 Å². The molecule has 2 rings (SSSR count). The van der Waals surface area contributed by atoms with E-state index in [-0.39, 0.29) is 16.7 Å². The molecule has 0 bridgehead atoms. The maximum atomic E-state index is 11.0. The molecule has 0 N–H and O–H groups in total. The van der Waals surface area contributed by atoms with Crippen LogP contribution >= 0.6 is 0 Å². The fraction of sp³-hybridized carbons (Fsp3) is 0.529. The molecule has 0 fully saturated rings. The third kappa shape index (κ3) is 4.31. The lowest BCUT2D eigenvalue weighted by Gasteiger charge is -2.21. The van der Waals surface area contributed by atoms with Gasteiger partial charge in [-0.3, -0.25) is 10.1 Å². The van der Waals surface area contributed by atoms with Gasteiger partial charge in [0.2, 0.25) is 5.75 Å². The van der Waals surface area contributed by atoms with E-state index < -0.39 is 0 Å². The Morgan fingerprint density at radius 3 is 2.71 bits per heavy atom. The molecule has 1 aliphatic rings. The van der Waals surface area contributed by atoms with Crippen LogP contribution in [-0.2, 0) is 0 Å². The summed E-state index contributed by atoms with van der Waals surface area (Å²) in [7, 11) is 0. The van der Waals surface area contributed by atoms with Crippen LogP contribution in [0.3, 0.4) is 0 Å². The molecule has 0 spiro atoms. The maximum absolute atomic E-state index is 11.0. The van der Waals surface area contributed by atoms with Crippen LogP contribution in [0.2, 0.25) is 0 Å². The Balaban J connectivity index is 1.86. The summed E-state index contributed by atoms with van der Waals surface area (Å²) in [6.45, 7) is 2.21. The van der Waals surface area contributed by atoms with Crippen LogP contribution in [0.25, 0.3) is 6.08 Å². The van der Waals surface area contributed by atoms with Crippen molar-refractivity contribution in [1.29, 1.82) is 0 Å². The van der Waals surface area contributed by atoms with Gasteiger partial charge < -0.3 is 4.74 Å². The number of unbranched alkanes of at least 4 members (excludes halogenated alkanes) is 5. The largest absolute Gasteiger partial charge is 0.479 e. The molecule has 1 aromatic carbocycles. The zero-order chi connectivity index (χ0) is 15.1. The van der Waals surface area contributed by atoms with Crippen molar-refractivity contribution in [1.82, 2.24) is 0 Å². The fourth-order valence-corrected chi connectivity index (χ4v) is 2.63. The van der Waals surface area contributed by atoms with Gasteiger partial charge in [0.25, 0.3) is 0 Å². The van der Waals surface area contributed by atoms with Crippen LogP contribution < -0.4 is 4.74 Å². The van der Waals surface area contributed by atoms with Gasteiger partial charge in [0.05, 0.1) is 4.92 Å². The highest BCUT2D eigenvalue weighted by atomic mass is 16.6. The lowest BCUT2D eigenvalue weighted by molar-refractivity contribution is -0.386. The number of hydrogen-bond acceptors (Lipinski definition) is 3. The van der Waals surface area contributed by atoms with Crippen molar-refractivity contribution >= 4 is 11.8 Å². The summed E-state index contributed by atoms with van der Waals surface area (Å²) in [4.78, 5) is 10.7. The average molecular weight is 289 g/mol. The fourth-order valence-electron chi connectivity index (χ4n) is 2.63. The van der Waals surface area contributed by atoms with Crippen molar-refractivity contribution in [2.45, 2.75) is 58.0 Å². The van der Waals surface area contributed by atoms with Gasteiger partial charge in [-0.05, 0) is 18.9 Å². The van der Waals surface area contributed by atoms with E-state index in [1.807, 2.05) is 18.2 Å². The number of para-hydroxylation sites is 1. The zero-order valence-corrected chi connectivity index (χ0v) is 12.6. The standard InChI is InChI=1S/C17H23NO3/c1-2-3-4-5-6-7-10-15-13-12-14-9-8-11-16(18(19)20)17(14)21-15/h8-9,11-13,15H,2-7,10H2,1H3. The topological polar surface area (TPSA) is 52.4 Å². The number of fused-ring (bicyclic) bond motifs is 1. The van der Waals surface area contributed by atoms with Gasteiger partial charge in [0.15, 0.2) is 0 Å². The molecule has 1 heterocycles. The molecule has 4 heteroatoms. The van der Waals surface area contributed by atoms with Gasteiger partial charge in [-0.2, -0.15) is 0 Å². The predicted molar refractivity (Wildman–Crippen MR) is 84.5 cm³/mol. The molecule has 1 unspecified atom stereocenters. The van der Waals surface area contributed by atoms with Gasteiger partial charge in [-0.25, -0.2) is 0 Å². The summed E-state index contributed by atoms with van der Waals surface area (Å²) >= 11 is 0. The van der Waals surface area contributed by atoms with Crippen LogP contribution in [0, 0.1) is 10.1 Å². The van der Waals surface area contributed by atoms with E-state index in [0.29, 0.717) is 5.75 Å². The zero-order valence-electron chi connectivity index (χ0n) is 12.6. The summed E-state index contributed by atoms with van der Waals surface area (Å²) in [5.41, 5.74) is 0.855. The normalized spacial score (nSPS) is 16.3. The molecule has 0 saturated heterocycles. The van der Waals surface area contributed by atoms with E-state index in [9.17, 15) is 10.1 Å². The monoisotopic (exact) mass is 289 g/mol. The molecule has 1 aromatic rings. The van der Waals surface area contributed by atoms with E-state index in [0.717, 1.165) is 18.4 Å². The first-order valence-corrected chi connectivity index (χ1v) is 7.84. The summed E-state index contributed by atoms with van der Waals surface area (Å²) in [5.74, 6) is 0.418. The second kappa shape index (κ2) is 7.81. The van der Waals surface area contributed by atoms with Crippen molar-refractivity contribution in [3.8, 4) is 5.75 Å². The molecule has 0 radical (unpaired) electrons. The number of ether oxygens (including phenoxy) is 1. The second-order valence-electron chi connectivity index (χ2n) is 5.52. The quantitative estimate of drug-likeness (QED) is 0.379. The molecule has 4 nitrogen and oxygen atoms in total. The van der Waals surface area contributed by atoms with Gasteiger partial charge in [-0.1, -0.05) is 57.2 Å². The smallest absolute Gasteiger partial charge is 0.311 e. The molecule has 1 aliphatic heterocycles. The maximum Gasteiger partial charge on any atom is 0.311 e. The van der Waals surface area contributed by atoms with Crippen molar-refractivity contribution in [3.63, 3.8) is 0 Å². The Hall–Kier alpha value is -1.84. The molecular weight excluding hydrogens is 266 g/mol. The number of nitro groups is 1. The van der Waals surface area contributed by atoms with Crippen molar-refractivity contribution in [2.24, 2.45) is 0 Å². The number of benzene rings is 1. The lowest BCUT2D eigenvalue weighted by Crippen LogP contribution is -2.17. The first kappa shape index (κ1) is 15.5. The third-order valence-electron chi connectivity index (χ3n) is 3.82. The Labute approximate surface area is 126 Å². The van der Waals surface area contributed by atoms with Crippen LogP contribution in [0.15, 0.2) is 24.3 Å². The first-order valence-electron chi connectivity index (χ1n) is 7.84. The SMILES string of the molecule is CCCCCCCCC1C=Cc2cccc([N+](=O)[O-])c2O1. The van der Waals surface area contributed by atoms with Gasteiger partial charge in [-0.15, -0.1) is 0 Å². The highest BCUT2D eigenvalue weighted by molar-refractivity contribution is 5.66. The lowest BCUT2D eigenvalue weighted by atomic mass is 10.0. The Kier molecular flexibility index (Phi) is 5.78. The molecule has 0 aliphatic carbocycles. The third-order valence-corrected chi connectivity index (χ3v) is 3.82. The summed E-state index contributed by atoms with van der Waals surface area (Å²) < 4.78 is 5.82.